The number of likely N-dealkylation sites (N-methyl/N-ethyl adjacent to an activating group) is 1. The summed E-state index contributed by atoms with van der Waals surface area (Å²) in [6.45, 7) is 3.60. The predicted molar refractivity (Wildman–Crippen MR) is 168 cm³/mol. The van der Waals surface area contributed by atoms with E-state index in [-0.39, 0.29) is 43.1 Å². The lowest BCUT2D eigenvalue weighted by molar-refractivity contribution is -0.171. The number of nitrogens with zero attached hydrogens (tertiary/aromatic N) is 4. The highest BCUT2D eigenvalue weighted by molar-refractivity contribution is 6.13. The van der Waals surface area contributed by atoms with Crippen molar-refractivity contribution in [3.05, 3.63) is 77.9 Å². The summed E-state index contributed by atoms with van der Waals surface area (Å²) in [6, 6.07) is 18.8. The molecule has 0 unspecified atom stereocenters. The summed E-state index contributed by atoms with van der Waals surface area (Å²) in [5, 5.41) is 10.4. The molecule has 3 heterocycles. The van der Waals surface area contributed by atoms with E-state index < -0.39 is 24.0 Å². The monoisotopic (exact) mass is 636 g/mol. The van der Waals surface area contributed by atoms with Gasteiger partial charge in [-0.05, 0) is 61.9 Å². The maximum Gasteiger partial charge on any atom is 0.471 e. The fourth-order valence-corrected chi connectivity index (χ4v) is 5.82. The molecular weight excluding hydrogens is 601 g/mol. The topological polar surface area (TPSA) is 103 Å². The van der Waals surface area contributed by atoms with Crippen LogP contribution in [-0.2, 0) is 16.1 Å². The first kappa shape index (κ1) is 31.4. The van der Waals surface area contributed by atoms with Crippen molar-refractivity contribution in [3.8, 4) is 5.75 Å². The Labute approximate surface area is 264 Å². The van der Waals surface area contributed by atoms with Crippen molar-refractivity contribution in [3.63, 3.8) is 0 Å². The molecule has 1 aromatic heterocycles. The first-order valence-electron chi connectivity index (χ1n) is 15.2. The van der Waals surface area contributed by atoms with Crippen LogP contribution in [0.15, 0.2) is 66.7 Å². The van der Waals surface area contributed by atoms with Gasteiger partial charge in [-0.2, -0.15) is 18.3 Å². The highest BCUT2D eigenvalue weighted by atomic mass is 19.4. The summed E-state index contributed by atoms with van der Waals surface area (Å²) >= 11 is 0. The number of amides is 2. The number of nitrogens with one attached hydrogen (secondary N) is 2. The Balaban J connectivity index is 1.34. The minimum Gasteiger partial charge on any atom is -0.489 e. The summed E-state index contributed by atoms with van der Waals surface area (Å²) in [7, 11) is 2.00. The van der Waals surface area contributed by atoms with Gasteiger partial charge in [-0.1, -0.05) is 30.3 Å². The van der Waals surface area contributed by atoms with Crippen molar-refractivity contribution >= 4 is 39.9 Å². The summed E-state index contributed by atoms with van der Waals surface area (Å²) in [4.78, 5) is 31.9. The van der Waals surface area contributed by atoms with Gasteiger partial charge in [0.05, 0.1) is 16.8 Å². The number of piperazine rings is 1. The van der Waals surface area contributed by atoms with Gasteiger partial charge in [-0.25, -0.2) is 0 Å². The zero-order valence-corrected chi connectivity index (χ0v) is 25.3. The van der Waals surface area contributed by atoms with Gasteiger partial charge in [-0.15, -0.1) is 0 Å². The van der Waals surface area contributed by atoms with Crippen molar-refractivity contribution in [1.29, 1.82) is 0 Å². The second-order valence-corrected chi connectivity index (χ2v) is 11.5. The molecule has 0 radical (unpaired) electrons. The smallest absolute Gasteiger partial charge is 0.471 e. The lowest BCUT2D eigenvalue weighted by atomic mass is 10.0. The molecule has 0 atom stereocenters. The first-order chi connectivity index (χ1) is 22.2. The van der Waals surface area contributed by atoms with Crippen LogP contribution in [-0.4, -0.2) is 85.6 Å². The maximum atomic E-state index is 14.1. The number of carbonyl (C=O) groups is 2. The van der Waals surface area contributed by atoms with Crippen LogP contribution in [0, 0.1) is 0 Å². The van der Waals surface area contributed by atoms with Crippen molar-refractivity contribution in [1.82, 2.24) is 15.1 Å². The molecule has 2 N–H and O–H groups in total. The Morgan fingerprint density at radius 1 is 1.02 bits per heavy atom. The number of fused-ring (bicyclic) bond motifs is 1. The standard InChI is InChI=1S/C33H35F3N6O4/c1-40-13-15-41(16-14-40)24-7-9-26(29(19-24)42(32(44)33(34,35)36)23-11-17-45-18-12-23)31(43)37-30-27-20-25(8-10-28(27)38-39-30)46-21-22-5-3-2-4-6-22/h2-10,19-20,23H,11-18,21H2,1H3,(H2,37,38,39,43). The van der Waals surface area contributed by atoms with E-state index in [2.05, 4.69) is 20.4 Å². The lowest BCUT2D eigenvalue weighted by Gasteiger charge is -2.37. The molecule has 0 spiro atoms. The third-order valence-electron chi connectivity index (χ3n) is 8.39. The predicted octanol–water partition coefficient (Wildman–Crippen LogP) is 5.22. The van der Waals surface area contributed by atoms with Gasteiger partial charge in [0, 0.05) is 56.5 Å². The van der Waals surface area contributed by atoms with Gasteiger partial charge >= 0.3 is 12.1 Å². The maximum absolute atomic E-state index is 14.1. The number of H-pyrrole nitrogens is 1. The number of ether oxygens (including phenoxy) is 2. The molecule has 2 fully saturated rings. The number of halogens is 3. The van der Waals surface area contributed by atoms with E-state index in [0.717, 1.165) is 23.6 Å². The van der Waals surface area contributed by atoms with Crippen LogP contribution in [0.5, 0.6) is 5.75 Å². The molecule has 0 bridgehead atoms. The molecule has 46 heavy (non-hydrogen) atoms. The largest absolute Gasteiger partial charge is 0.489 e. The van der Waals surface area contributed by atoms with E-state index in [0.29, 0.717) is 42.0 Å². The second-order valence-electron chi connectivity index (χ2n) is 11.5. The molecule has 0 aliphatic carbocycles. The molecule has 242 valence electrons. The zero-order chi connectivity index (χ0) is 32.3. The van der Waals surface area contributed by atoms with Gasteiger partial charge < -0.3 is 29.5 Å². The van der Waals surface area contributed by atoms with Gasteiger partial charge in [0.2, 0.25) is 0 Å². The Kier molecular flexibility index (Phi) is 9.13. The van der Waals surface area contributed by atoms with Gasteiger partial charge in [-0.3, -0.25) is 14.7 Å². The number of aromatic amines is 1. The van der Waals surface area contributed by atoms with Gasteiger partial charge in [0.25, 0.3) is 5.91 Å². The zero-order valence-electron chi connectivity index (χ0n) is 25.3. The summed E-state index contributed by atoms with van der Waals surface area (Å²) < 4.78 is 53.6. The first-order valence-corrected chi connectivity index (χ1v) is 15.2. The minimum absolute atomic E-state index is 0.0744. The van der Waals surface area contributed by atoms with Crippen molar-refractivity contribution in [2.24, 2.45) is 0 Å². The number of hydrogen-bond acceptors (Lipinski definition) is 7. The van der Waals surface area contributed by atoms with Crippen LogP contribution in [0.3, 0.4) is 0 Å². The summed E-state index contributed by atoms with van der Waals surface area (Å²) in [5.41, 5.74) is 2.07. The van der Waals surface area contributed by atoms with E-state index in [1.807, 2.05) is 42.3 Å². The Hall–Kier alpha value is -4.62. The lowest BCUT2D eigenvalue weighted by Crippen LogP contribution is -2.50. The average molecular weight is 637 g/mol. The quantitative estimate of drug-likeness (QED) is 0.274. The summed E-state index contributed by atoms with van der Waals surface area (Å²) in [6.07, 6.45) is -4.74. The Bertz CT molecular complexity index is 1680. The highest BCUT2D eigenvalue weighted by Crippen LogP contribution is 2.36. The number of carbonyl (C=O) groups excluding carboxylic acids is 2. The summed E-state index contributed by atoms with van der Waals surface area (Å²) in [5.74, 6) is -1.99. The molecule has 2 aliphatic rings. The Morgan fingerprint density at radius 2 is 1.76 bits per heavy atom. The number of rotatable bonds is 8. The Morgan fingerprint density at radius 3 is 2.48 bits per heavy atom. The highest BCUT2D eigenvalue weighted by Gasteiger charge is 2.46. The van der Waals surface area contributed by atoms with Crippen LogP contribution >= 0.6 is 0 Å². The van der Waals surface area contributed by atoms with Crippen molar-refractivity contribution in [2.45, 2.75) is 31.7 Å². The molecule has 2 amide bonds. The molecule has 10 nitrogen and oxygen atoms in total. The number of anilines is 3. The number of hydrogen-bond donors (Lipinski definition) is 2. The molecule has 6 rings (SSSR count). The van der Waals surface area contributed by atoms with Crippen molar-refractivity contribution < 1.29 is 32.2 Å². The van der Waals surface area contributed by atoms with Crippen molar-refractivity contribution in [2.75, 3.05) is 61.6 Å². The van der Waals surface area contributed by atoms with Crippen LogP contribution in [0.2, 0.25) is 0 Å². The van der Waals surface area contributed by atoms with Gasteiger partial charge in [0.15, 0.2) is 5.82 Å². The third kappa shape index (κ3) is 6.95. The fraction of sp³-hybridized carbons (Fsp3) is 0.364. The van der Waals surface area contributed by atoms with E-state index >= 15 is 0 Å². The average Bonchev–Trinajstić information content (AvgIpc) is 3.46. The number of aromatic nitrogens is 2. The SMILES string of the molecule is CN1CCN(c2ccc(C(=O)Nc3n[nH]c4ccc(OCc5ccccc5)cc34)c(N(C(=O)C(F)(F)F)C3CCOCC3)c2)CC1. The van der Waals surface area contributed by atoms with E-state index in [9.17, 15) is 22.8 Å². The van der Waals surface area contributed by atoms with Crippen LogP contribution in [0.25, 0.3) is 10.9 Å². The minimum atomic E-state index is -5.15. The van der Waals surface area contributed by atoms with Crippen LogP contribution < -0.4 is 19.9 Å². The molecule has 2 aliphatic heterocycles. The molecule has 0 saturated carbocycles. The van der Waals surface area contributed by atoms with E-state index in [1.54, 1.807) is 24.3 Å². The van der Waals surface area contributed by atoms with E-state index in [1.165, 1.54) is 12.1 Å². The normalized spacial score (nSPS) is 16.4. The molecule has 2 saturated heterocycles. The fourth-order valence-electron chi connectivity index (χ4n) is 5.82. The molecule has 4 aromatic rings. The van der Waals surface area contributed by atoms with Crippen LogP contribution in [0.4, 0.5) is 30.4 Å². The molecular formula is C33H35F3N6O4. The molecule has 3 aromatic carbocycles. The molecule has 13 heteroatoms. The number of alkyl halides is 3. The number of benzene rings is 3. The van der Waals surface area contributed by atoms with Crippen LogP contribution in [0.1, 0.15) is 28.8 Å². The third-order valence-corrected chi connectivity index (χ3v) is 8.39. The van der Waals surface area contributed by atoms with Gasteiger partial charge in [0.1, 0.15) is 12.4 Å². The second kappa shape index (κ2) is 13.4. The van der Waals surface area contributed by atoms with E-state index in [4.69, 9.17) is 9.47 Å².